The van der Waals surface area contributed by atoms with Crippen LogP contribution in [0.2, 0.25) is 0 Å². The summed E-state index contributed by atoms with van der Waals surface area (Å²) in [6.45, 7) is 7.64. The maximum atomic E-state index is 12.5. The molecule has 1 unspecified atom stereocenters. The van der Waals surface area contributed by atoms with Gasteiger partial charge < -0.3 is 1.43 Å². The zero-order chi connectivity index (χ0) is 42.7. The fourth-order valence-electron chi connectivity index (χ4n) is 6.99. The van der Waals surface area contributed by atoms with E-state index in [-0.39, 0.29) is 80.4 Å². The summed E-state index contributed by atoms with van der Waals surface area (Å²) in [6, 6.07) is 42.9. The minimum Gasteiger partial charge on any atom is -1.00 e. The minimum absolute atomic E-state index is 0. The van der Waals surface area contributed by atoms with Gasteiger partial charge in [0.15, 0.2) is 5.78 Å². The summed E-state index contributed by atoms with van der Waals surface area (Å²) in [5, 5.41) is 4.95. The fraction of sp³-hybridized carbons (Fsp3) is 0.172. The van der Waals surface area contributed by atoms with Gasteiger partial charge >= 0.3 is 18.9 Å². The van der Waals surface area contributed by atoms with Gasteiger partial charge in [-0.2, -0.15) is 0 Å². The van der Waals surface area contributed by atoms with Gasteiger partial charge in [0.05, 0.1) is 0 Å². The third-order valence-electron chi connectivity index (χ3n) is 9.74. The van der Waals surface area contributed by atoms with Crippen molar-refractivity contribution in [3.8, 4) is 129 Å². The van der Waals surface area contributed by atoms with Crippen LogP contribution in [-0.2, 0) is 12.8 Å². The number of carbonyl (C=O) groups is 1. The van der Waals surface area contributed by atoms with Crippen molar-refractivity contribution in [1.29, 1.82) is 0 Å². The maximum Gasteiger partial charge on any atom is 1.00 e. The average molecular weight is 884 g/mol. The second kappa shape index (κ2) is 31.3. The number of benzene rings is 6. The first-order valence-electron chi connectivity index (χ1n) is 19.7. The molecule has 0 amide bonds. The van der Waals surface area contributed by atoms with E-state index in [9.17, 15) is 4.79 Å². The van der Waals surface area contributed by atoms with E-state index in [2.05, 4.69) is 223 Å². The molecular formula is C64H65AlLiO. The van der Waals surface area contributed by atoms with Gasteiger partial charge in [0, 0.05) is 36.0 Å². The molecule has 0 spiro atoms. The Kier molecular flexibility index (Phi) is 27.8. The Balaban J connectivity index is -0.000000166. The largest absolute Gasteiger partial charge is 1.00 e. The fourth-order valence-corrected chi connectivity index (χ4v) is 6.99. The van der Waals surface area contributed by atoms with Crippen molar-refractivity contribution in [2.45, 2.75) is 70.2 Å². The first-order valence-corrected chi connectivity index (χ1v) is 19.7. The van der Waals surface area contributed by atoms with Crippen LogP contribution in [-0.4, -0.2) is 23.1 Å². The van der Waals surface area contributed by atoms with Crippen LogP contribution in [0.15, 0.2) is 127 Å². The van der Waals surface area contributed by atoms with E-state index in [1.807, 2.05) is 25.1 Å². The molecule has 3 radical (unpaired) electrons. The second-order valence-corrected chi connectivity index (χ2v) is 14.0. The normalized spacial score (nSPS) is 10.5. The molecule has 0 aliphatic heterocycles. The Morgan fingerprint density at radius 3 is 1.30 bits per heavy atom. The summed E-state index contributed by atoms with van der Waals surface area (Å²) < 4.78 is 0. The molecule has 0 heterocycles. The van der Waals surface area contributed by atoms with Gasteiger partial charge in [-0.05, 0) is 201 Å². The molecule has 8 rings (SSSR count). The maximum absolute atomic E-state index is 12.5. The average Bonchev–Trinajstić information content (AvgIpc) is 3.84. The van der Waals surface area contributed by atoms with Crippen LogP contribution >= 0.6 is 0 Å². The van der Waals surface area contributed by atoms with E-state index < -0.39 is 0 Å². The third-order valence-corrected chi connectivity index (χ3v) is 9.74. The summed E-state index contributed by atoms with van der Waals surface area (Å²) in [5.41, 5.74) is 11.4. The molecule has 1 nitrogen and oxygen atoms in total. The number of allylic oxidation sites excluding steroid dienone is 1. The number of rotatable bonds is 2. The van der Waals surface area contributed by atoms with Crippen molar-refractivity contribution in [3.05, 3.63) is 149 Å². The number of fused-ring (bicyclic) bond motifs is 6. The SMILES string of the molecule is C.C.C.C.CC#CC#CC#CC#CC#CC#CC#CC#CC#CC.CC1=Cc2c(ccc3ccc(-c4ccccc4)cc23)C1.CC1Cc2ccc3ccc(-c4ccccc4)cc3c2C1=O.[Al].[H-].[HH].[HH].[HH].[HH].[HH].[Li+]. The van der Waals surface area contributed by atoms with Crippen LogP contribution in [0, 0.1) is 112 Å². The molecule has 0 saturated carbocycles. The van der Waals surface area contributed by atoms with Crippen LogP contribution in [0.4, 0.5) is 0 Å². The van der Waals surface area contributed by atoms with Gasteiger partial charge in [-0.3, -0.25) is 4.79 Å². The topological polar surface area (TPSA) is 17.1 Å². The van der Waals surface area contributed by atoms with Crippen molar-refractivity contribution in [2.24, 2.45) is 5.92 Å². The Morgan fingerprint density at radius 2 is 0.866 bits per heavy atom. The van der Waals surface area contributed by atoms with Crippen molar-refractivity contribution in [2.75, 3.05) is 0 Å². The molecule has 67 heavy (non-hydrogen) atoms. The number of hydrogen-bond donors (Lipinski definition) is 0. The summed E-state index contributed by atoms with van der Waals surface area (Å²) >= 11 is 0. The molecule has 331 valence electrons. The van der Waals surface area contributed by atoms with Gasteiger partial charge in [-0.1, -0.05) is 169 Å². The predicted octanol–water partition coefficient (Wildman–Crippen LogP) is 11.9. The Morgan fingerprint density at radius 1 is 0.493 bits per heavy atom. The minimum atomic E-state index is 0. The molecule has 0 fully saturated rings. The monoisotopic (exact) mass is 884 g/mol. The van der Waals surface area contributed by atoms with E-state index in [0.29, 0.717) is 5.78 Å². The smallest absolute Gasteiger partial charge is 1.00 e. The van der Waals surface area contributed by atoms with E-state index in [1.165, 1.54) is 55.3 Å². The summed E-state index contributed by atoms with van der Waals surface area (Å²) in [7, 11) is 0. The van der Waals surface area contributed by atoms with Crippen molar-refractivity contribution in [3.63, 3.8) is 0 Å². The molecule has 0 N–H and O–H groups in total. The Labute approximate surface area is 434 Å². The molecule has 6 aromatic rings. The van der Waals surface area contributed by atoms with Gasteiger partial charge in [-0.15, -0.1) is 0 Å². The summed E-state index contributed by atoms with van der Waals surface area (Å²) in [5.74, 6) is 46.0. The van der Waals surface area contributed by atoms with Crippen LogP contribution in [0.25, 0.3) is 49.9 Å². The predicted molar refractivity (Wildman–Crippen MR) is 299 cm³/mol. The van der Waals surface area contributed by atoms with Crippen LogP contribution in [0.5, 0.6) is 0 Å². The first kappa shape index (κ1) is 59.4. The van der Waals surface area contributed by atoms with Gasteiger partial charge in [-0.25, -0.2) is 0 Å². The third kappa shape index (κ3) is 16.7. The van der Waals surface area contributed by atoms with Crippen molar-refractivity contribution < 1.29 is 32.2 Å². The standard InChI is InChI=1S/C20H16O.C20H16.C20H6.4CH4.Al.Li.5H2.H/c1-13-11-17-10-8-15-7-9-16(14-5-3-2-4-6-14)12-18(15)19(17)20(13)21;1-14-11-18-10-8-16-7-9-17(13-20(16)19(18)12-14)15-5-3-2-4-6-15;1-3-5-7-9-11-13-15-17-19-20-18-16-14-12-10-8-6-4-2;;;;;;;;;;;;/h2-10,12-13H,11H2,1H3;2-10,12-13H,11H2,1H3;1-2H3;4*1H4;;;5*1H;/q;;;;;;;;+1;;;;;;-1. The second-order valence-electron chi connectivity index (χ2n) is 14.0. The molecule has 2 aliphatic rings. The molecular weight excluding hydrogens is 819 g/mol. The van der Waals surface area contributed by atoms with Crippen LogP contribution < -0.4 is 18.9 Å². The van der Waals surface area contributed by atoms with Gasteiger partial charge in [0.25, 0.3) is 0 Å². The van der Waals surface area contributed by atoms with E-state index in [1.54, 1.807) is 13.8 Å². The number of Topliss-reactive ketones (excluding diaryl/α,β-unsaturated/α-hetero) is 1. The Bertz CT molecular complexity index is 3250. The van der Waals surface area contributed by atoms with Crippen LogP contribution in [0.3, 0.4) is 0 Å². The molecule has 0 bridgehead atoms. The first-order chi connectivity index (χ1) is 30.0. The number of carbonyl (C=O) groups excluding carboxylic acids is 1. The zero-order valence-electron chi connectivity index (χ0n) is 37.1. The molecule has 0 aromatic heterocycles. The van der Waals surface area contributed by atoms with E-state index >= 15 is 0 Å². The number of ketones is 1. The molecule has 2 aliphatic carbocycles. The summed E-state index contributed by atoms with van der Waals surface area (Å²) in [6.07, 6.45) is 4.31. The Hall–Kier alpha value is -7.58. The van der Waals surface area contributed by atoms with Gasteiger partial charge in [0.1, 0.15) is 0 Å². The number of hydrogen-bond acceptors (Lipinski definition) is 1. The van der Waals surface area contributed by atoms with E-state index in [4.69, 9.17) is 0 Å². The quantitative estimate of drug-likeness (QED) is 0.125. The van der Waals surface area contributed by atoms with E-state index in [0.717, 1.165) is 29.2 Å². The van der Waals surface area contributed by atoms with Crippen molar-refractivity contribution in [1.82, 2.24) is 0 Å². The molecule has 0 saturated heterocycles. The van der Waals surface area contributed by atoms with Crippen LogP contribution in [0.1, 0.15) is 93.0 Å². The summed E-state index contributed by atoms with van der Waals surface area (Å²) in [4.78, 5) is 12.5. The molecule has 3 heteroatoms. The van der Waals surface area contributed by atoms with Crippen molar-refractivity contribution >= 4 is 50.8 Å². The zero-order valence-corrected chi connectivity index (χ0v) is 37.3. The molecule has 6 aromatic carbocycles. The van der Waals surface area contributed by atoms with Gasteiger partial charge in [0.2, 0.25) is 0 Å². The molecule has 1 atom stereocenters.